The summed E-state index contributed by atoms with van der Waals surface area (Å²) >= 11 is 0. The maximum absolute atomic E-state index is 13.9. The SMILES string of the molecule is CNc1nc(OCC=O)cc(C(F)(F)F)c1C(=N)c1ccccc1F. The van der Waals surface area contributed by atoms with E-state index in [2.05, 4.69) is 10.3 Å². The van der Waals surface area contributed by atoms with Gasteiger partial charge >= 0.3 is 6.18 Å². The first-order valence-corrected chi connectivity index (χ1v) is 6.99. The van der Waals surface area contributed by atoms with E-state index < -0.39 is 41.3 Å². The van der Waals surface area contributed by atoms with Gasteiger partial charge in [-0.05, 0) is 12.1 Å². The average molecular weight is 355 g/mol. The second-order valence-corrected chi connectivity index (χ2v) is 4.81. The van der Waals surface area contributed by atoms with Gasteiger partial charge in [0.1, 0.15) is 18.2 Å². The number of nitrogens with one attached hydrogen (secondary N) is 2. The van der Waals surface area contributed by atoms with Crippen molar-refractivity contribution in [3.63, 3.8) is 0 Å². The molecule has 0 aliphatic carbocycles. The summed E-state index contributed by atoms with van der Waals surface area (Å²) in [6.45, 7) is -0.475. The Morgan fingerprint density at radius 1 is 1.36 bits per heavy atom. The number of carbonyl (C=O) groups excluding carboxylic acids is 1. The van der Waals surface area contributed by atoms with Gasteiger partial charge in [-0.3, -0.25) is 10.2 Å². The van der Waals surface area contributed by atoms with E-state index in [1.165, 1.54) is 25.2 Å². The van der Waals surface area contributed by atoms with Crippen LogP contribution in [0.25, 0.3) is 0 Å². The summed E-state index contributed by atoms with van der Waals surface area (Å²) in [6.07, 6.45) is -4.48. The Bertz CT molecular complexity index is 806. The summed E-state index contributed by atoms with van der Waals surface area (Å²) in [5.41, 5.74) is -2.81. The van der Waals surface area contributed by atoms with Gasteiger partial charge in [-0.2, -0.15) is 18.2 Å². The third kappa shape index (κ3) is 3.93. The van der Waals surface area contributed by atoms with Crippen molar-refractivity contribution in [2.75, 3.05) is 19.0 Å². The van der Waals surface area contributed by atoms with Crippen LogP contribution in [0, 0.1) is 11.2 Å². The van der Waals surface area contributed by atoms with Gasteiger partial charge in [-0.15, -0.1) is 0 Å². The fourth-order valence-electron chi connectivity index (χ4n) is 2.17. The van der Waals surface area contributed by atoms with Crippen LogP contribution in [-0.4, -0.2) is 30.6 Å². The topological polar surface area (TPSA) is 75.1 Å². The molecule has 0 amide bonds. The van der Waals surface area contributed by atoms with Crippen LogP contribution in [0.4, 0.5) is 23.4 Å². The van der Waals surface area contributed by atoms with Crippen molar-refractivity contribution in [3.8, 4) is 5.88 Å². The third-order valence-electron chi connectivity index (χ3n) is 3.23. The smallest absolute Gasteiger partial charge is 0.417 e. The molecule has 0 fully saturated rings. The van der Waals surface area contributed by atoms with Gasteiger partial charge in [-0.1, -0.05) is 12.1 Å². The highest BCUT2D eigenvalue weighted by Crippen LogP contribution is 2.38. The highest BCUT2D eigenvalue weighted by molar-refractivity contribution is 6.14. The lowest BCUT2D eigenvalue weighted by atomic mass is 9.97. The maximum atomic E-state index is 13.9. The first-order chi connectivity index (χ1) is 11.8. The lowest BCUT2D eigenvalue weighted by Crippen LogP contribution is -2.19. The van der Waals surface area contributed by atoms with E-state index in [0.29, 0.717) is 12.4 Å². The minimum absolute atomic E-state index is 0.298. The zero-order chi connectivity index (χ0) is 18.6. The van der Waals surface area contributed by atoms with Crippen LogP contribution in [0.5, 0.6) is 5.88 Å². The van der Waals surface area contributed by atoms with Crippen LogP contribution in [0.3, 0.4) is 0 Å². The Balaban J connectivity index is 2.68. The molecule has 0 spiro atoms. The monoisotopic (exact) mass is 355 g/mol. The molecule has 0 saturated carbocycles. The highest BCUT2D eigenvalue weighted by Gasteiger charge is 2.37. The van der Waals surface area contributed by atoms with E-state index in [1.54, 1.807) is 0 Å². The number of hydrogen-bond acceptors (Lipinski definition) is 5. The van der Waals surface area contributed by atoms with E-state index in [4.69, 9.17) is 10.1 Å². The predicted octanol–water partition coefficient (Wildman–Crippen LogP) is 3.28. The molecule has 0 radical (unpaired) electrons. The Labute approximate surface area is 140 Å². The molecule has 0 aliphatic heterocycles. The van der Waals surface area contributed by atoms with Crippen molar-refractivity contribution in [3.05, 3.63) is 52.8 Å². The second-order valence-electron chi connectivity index (χ2n) is 4.81. The number of aldehydes is 1. The maximum Gasteiger partial charge on any atom is 0.417 e. The first-order valence-electron chi connectivity index (χ1n) is 6.99. The lowest BCUT2D eigenvalue weighted by Gasteiger charge is -2.18. The van der Waals surface area contributed by atoms with Crippen LogP contribution in [0.15, 0.2) is 30.3 Å². The van der Waals surface area contributed by atoms with Crippen molar-refractivity contribution in [1.29, 1.82) is 5.41 Å². The van der Waals surface area contributed by atoms with E-state index in [0.717, 1.165) is 6.07 Å². The summed E-state index contributed by atoms with van der Waals surface area (Å²) in [4.78, 5) is 14.2. The largest absolute Gasteiger partial charge is 0.470 e. The number of ether oxygens (including phenoxy) is 1. The van der Waals surface area contributed by atoms with Gasteiger partial charge < -0.3 is 10.1 Å². The molecular formula is C16H13F4N3O2. The second kappa shape index (κ2) is 7.29. The Morgan fingerprint density at radius 3 is 2.60 bits per heavy atom. The third-order valence-corrected chi connectivity index (χ3v) is 3.23. The number of alkyl halides is 3. The van der Waals surface area contributed by atoms with Crippen molar-refractivity contribution < 1.29 is 27.1 Å². The highest BCUT2D eigenvalue weighted by atomic mass is 19.4. The molecular weight excluding hydrogens is 342 g/mol. The number of rotatable bonds is 6. The minimum atomic E-state index is -4.85. The summed E-state index contributed by atoms with van der Waals surface area (Å²) < 4.78 is 59.2. The number of nitrogens with zero attached hydrogens (tertiary/aromatic N) is 1. The molecule has 1 heterocycles. The quantitative estimate of drug-likeness (QED) is 0.474. The van der Waals surface area contributed by atoms with Gasteiger partial charge in [0.15, 0.2) is 6.29 Å². The van der Waals surface area contributed by atoms with E-state index >= 15 is 0 Å². The van der Waals surface area contributed by atoms with Crippen LogP contribution in [0.1, 0.15) is 16.7 Å². The number of halogens is 4. The minimum Gasteiger partial charge on any atom is -0.470 e. The summed E-state index contributed by atoms with van der Waals surface area (Å²) in [5.74, 6) is -1.58. The van der Waals surface area contributed by atoms with Crippen molar-refractivity contribution >= 4 is 17.8 Å². The Morgan fingerprint density at radius 2 is 2.04 bits per heavy atom. The fraction of sp³-hybridized carbons (Fsp3) is 0.188. The van der Waals surface area contributed by atoms with Crippen molar-refractivity contribution in [2.45, 2.75) is 6.18 Å². The number of pyridine rings is 1. The molecule has 0 unspecified atom stereocenters. The molecule has 9 heteroatoms. The number of benzene rings is 1. The van der Waals surface area contributed by atoms with Gasteiger partial charge in [0.2, 0.25) is 5.88 Å². The molecule has 132 valence electrons. The average Bonchev–Trinajstić information content (AvgIpc) is 2.58. The van der Waals surface area contributed by atoms with Gasteiger partial charge in [0.25, 0.3) is 0 Å². The molecule has 2 aromatic rings. The Hall–Kier alpha value is -2.97. The molecule has 0 saturated heterocycles. The Kier molecular flexibility index (Phi) is 5.35. The van der Waals surface area contributed by atoms with Gasteiger partial charge in [-0.25, -0.2) is 4.39 Å². The fourth-order valence-corrected chi connectivity index (χ4v) is 2.17. The normalized spacial score (nSPS) is 11.1. The molecule has 1 aromatic carbocycles. The standard InChI is InChI=1S/C16H13F4N3O2/c1-22-15-13(14(21)9-4-2-3-5-11(9)17)10(16(18,19)20)8-12(23-15)25-7-6-24/h2-6,8,21H,7H2,1H3,(H,22,23). The molecule has 0 atom stereocenters. The first kappa shape index (κ1) is 18.4. The predicted molar refractivity (Wildman–Crippen MR) is 82.7 cm³/mol. The van der Waals surface area contributed by atoms with Gasteiger partial charge in [0.05, 0.1) is 16.8 Å². The number of hydrogen-bond donors (Lipinski definition) is 2. The molecule has 0 aliphatic rings. The number of carbonyl (C=O) groups is 1. The van der Waals surface area contributed by atoms with E-state index in [-0.39, 0.29) is 11.4 Å². The molecule has 1 aromatic heterocycles. The van der Waals surface area contributed by atoms with Crippen LogP contribution in [0.2, 0.25) is 0 Å². The van der Waals surface area contributed by atoms with Crippen LogP contribution in [-0.2, 0) is 11.0 Å². The summed E-state index contributed by atoms with van der Waals surface area (Å²) in [7, 11) is 1.31. The lowest BCUT2D eigenvalue weighted by molar-refractivity contribution is -0.137. The molecule has 5 nitrogen and oxygen atoms in total. The number of anilines is 1. The van der Waals surface area contributed by atoms with E-state index in [1.807, 2.05) is 0 Å². The van der Waals surface area contributed by atoms with Gasteiger partial charge in [0, 0.05) is 18.7 Å². The van der Waals surface area contributed by atoms with Crippen LogP contribution < -0.4 is 10.1 Å². The molecule has 25 heavy (non-hydrogen) atoms. The van der Waals surface area contributed by atoms with Crippen LogP contribution >= 0.6 is 0 Å². The van der Waals surface area contributed by atoms with E-state index in [9.17, 15) is 22.4 Å². The number of aromatic nitrogens is 1. The van der Waals surface area contributed by atoms with Crippen molar-refractivity contribution in [1.82, 2.24) is 4.98 Å². The molecule has 0 bridgehead atoms. The van der Waals surface area contributed by atoms with Crippen molar-refractivity contribution in [2.24, 2.45) is 0 Å². The zero-order valence-electron chi connectivity index (χ0n) is 12.9. The summed E-state index contributed by atoms with van der Waals surface area (Å²) in [6, 6.07) is 5.60. The summed E-state index contributed by atoms with van der Waals surface area (Å²) in [5, 5.41) is 10.5. The molecule has 2 rings (SSSR count). The molecule has 2 N–H and O–H groups in total. The zero-order valence-corrected chi connectivity index (χ0v) is 12.9.